The Hall–Kier alpha value is -2.24. The van der Waals surface area contributed by atoms with Crippen LogP contribution in [0.1, 0.15) is 35.7 Å². The van der Waals surface area contributed by atoms with Crippen molar-refractivity contribution in [3.05, 3.63) is 41.2 Å². The molecule has 0 radical (unpaired) electrons. The third-order valence-electron chi connectivity index (χ3n) is 3.30. The molecule has 1 fully saturated rings. The lowest BCUT2D eigenvalue weighted by atomic mass is 10.2. The van der Waals surface area contributed by atoms with Crippen molar-refractivity contribution in [3.8, 4) is 0 Å². The molecule has 0 aliphatic heterocycles. The molecule has 1 saturated carbocycles. The van der Waals surface area contributed by atoms with Gasteiger partial charge in [0.25, 0.3) is 0 Å². The maximum Gasteiger partial charge on any atom is 0.328 e. The molecule has 6 nitrogen and oxygen atoms in total. The molecule has 0 bridgehead atoms. The third kappa shape index (κ3) is 3.01. The van der Waals surface area contributed by atoms with Crippen molar-refractivity contribution in [1.82, 2.24) is 20.2 Å². The highest BCUT2D eigenvalue weighted by molar-refractivity contribution is 5.69. The van der Waals surface area contributed by atoms with Crippen LogP contribution < -0.4 is 0 Å². The molecule has 0 spiro atoms. The molecule has 0 saturated heterocycles. The minimum Gasteiger partial charge on any atom is -0.459 e. The monoisotopic (exact) mass is 272 g/mol. The molecule has 1 aromatic carbocycles. The van der Waals surface area contributed by atoms with E-state index in [9.17, 15) is 4.79 Å². The third-order valence-corrected chi connectivity index (χ3v) is 3.30. The zero-order valence-electron chi connectivity index (χ0n) is 11.3. The van der Waals surface area contributed by atoms with Crippen LogP contribution in [0.3, 0.4) is 0 Å². The number of ether oxygens (including phenoxy) is 1. The van der Waals surface area contributed by atoms with Gasteiger partial charge in [0.05, 0.1) is 0 Å². The number of hydrogen-bond acceptors (Lipinski definition) is 5. The summed E-state index contributed by atoms with van der Waals surface area (Å²) < 4.78 is 6.78. The molecule has 104 valence electrons. The van der Waals surface area contributed by atoms with Crippen LogP contribution in [-0.4, -0.2) is 26.2 Å². The van der Waals surface area contributed by atoms with E-state index in [0.29, 0.717) is 5.92 Å². The van der Waals surface area contributed by atoms with Gasteiger partial charge in [-0.2, -0.15) is 0 Å². The van der Waals surface area contributed by atoms with Crippen LogP contribution >= 0.6 is 0 Å². The number of aromatic nitrogens is 4. The first-order chi connectivity index (χ1) is 9.72. The van der Waals surface area contributed by atoms with Crippen molar-refractivity contribution in [1.29, 1.82) is 0 Å². The quantitative estimate of drug-likeness (QED) is 0.773. The fourth-order valence-electron chi connectivity index (χ4n) is 1.97. The maximum atomic E-state index is 11.8. The molecule has 0 amide bonds. The second-order valence-corrected chi connectivity index (χ2v) is 5.12. The van der Waals surface area contributed by atoms with E-state index in [0.717, 1.165) is 24.2 Å². The minimum atomic E-state index is -0.320. The molecule has 0 unspecified atom stereocenters. The van der Waals surface area contributed by atoms with E-state index in [-0.39, 0.29) is 19.1 Å². The number of hydrogen-bond donors (Lipinski definition) is 0. The first-order valence-corrected chi connectivity index (χ1v) is 6.69. The van der Waals surface area contributed by atoms with Crippen molar-refractivity contribution in [3.63, 3.8) is 0 Å². The zero-order valence-corrected chi connectivity index (χ0v) is 11.3. The summed E-state index contributed by atoms with van der Waals surface area (Å²) in [6, 6.07) is 7.90. The molecule has 3 rings (SSSR count). The van der Waals surface area contributed by atoms with E-state index in [2.05, 4.69) is 15.5 Å². The van der Waals surface area contributed by atoms with E-state index in [1.165, 1.54) is 10.2 Å². The fraction of sp³-hybridized carbons (Fsp3) is 0.429. The van der Waals surface area contributed by atoms with E-state index >= 15 is 0 Å². The van der Waals surface area contributed by atoms with Gasteiger partial charge >= 0.3 is 5.97 Å². The first-order valence-electron chi connectivity index (χ1n) is 6.69. The van der Waals surface area contributed by atoms with Crippen LogP contribution in [0, 0.1) is 6.92 Å². The van der Waals surface area contributed by atoms with E-state index < -0.39 is 0 Å². The molecule has 2 aromatic rings. The van der Waals surface area contributed by atoms with Crippen molar-refractivity contribution >= 4 is 5.97 Å². The molecule has 1 aliphatic carbocycles. The van der Waals surface area contributed by atoms with E-state index in [1.807, 2.05) is 31.2 Å². The second kappa shape index (κ2) is 5.40. The van der Waals surface area contributed by atoms with Gasteiger partial charge in [-0.25, -0.2) is 4.68 Å². The Bertz CT molecular complexity index is 602. The summed E-state index contributed by atoms with van der Waals surface area (Å²) in [5.74, 6) is 0.881. The Morgan fingerprint density at radius 3 is 2.80 bits per heavy atom. The number of esters is 1. The standard InChI is InChI=1S/C14H16N4O2/c1-10-2-4-11(5-3-10)9-20-13(19)8-18-14(12-6-7-12)15-16-17-18/h2-5,12H,6-9H2,1H3. The predicted molar refractivity (Wildman–Crippen MR) is 70.8 cm³/mol. The summed E-state index contributed by atoms with van der Waals surface area (Å²) in [5, 5.41) is 11.4. The molecule has 20 heavy (non-hydrogen) atoms. The van der Waals surface area contributed by atoms with Gasteiger partial charge in [0.15, 0.2) is 5.82 Å². The predicted octanol–water partition coefficient (Wildman–Crippen LogP) is 1.60. The second-order valence-electron chi connectivity index (χ2n) is 5.12. The van der Waals surface area contributed by atoms with Crippen LogP contribution in [0.25, 0.3) is 0 Å². The van der Waals surface area contributed by atoms with Crippen molar-refractivity contribution < 1.29 is 9.53 Å². The van der Waals surface area contributed by atoms with Gasteiger partial charge in [-0.3, -0.25) is 4.79 Å². The molecular formula is C14H16N4O2. The van der Waals surface area contributed by atoms with Gasteiger partial charge in [-0.1, -0.05) is 29.8 Å². The van der Waals surface area contributed by atoms with Crippen molar-refractivity contribution in [2.75, 3.05) is 0 Å². The molecule has 0 N–H and O–H groups in total. The normalized spacial score (nSPS) is 14.2. The van der Waals surface area contributed by atoms with Crippen LogP contribution in [0.5, 0.6) is 0 Å². The molecule has 1 aromatic heterocycles. The van der Waals surface area contributed by atoms with Gasteiger partial charge in [-0.05, 0) is 35.8 Å². The lowest BCUT2D eigenvalue weighted by Crippen LogP contribution is -2.16. The van der Waals surface area contributed by atoms with Gasteiger partial charge in [0, 0.05) is 5.92 Å². The van der Waals surface area contributed by atoms with Crippen LogP contribution in [0.15, 0.2) is 24.3 Å². The van der Waals surface area contributed by atoms with E-state index in [1.54, 1.807) is 0 Å². The highest BCUT2D eigenvalue weighted by atomic mass is 16.5. The molecule has 1 heterocycles. The number of carbonyl (C=O) groups excluding carboxylic acids is 1. The number of aryl methyl sites for hydroxylation is 1. The van der Waals surface area contributed by atoms with Crippen molar-refractivity contribution in [2.24, 2.45) is 0 Å². The SMILES string of the molecule is Cc1ccc(COC(=O)Cn2nnnc2C2CC2)cc1. The number of nitrogens with zero attached hydrogens (tertiary/aromatic N) is 4. The Morgan fingerprint density at radius 1 is 1.35 bits per heavy atom. The van der Waals surface area contributed by atoms with Gasteiger partial charge < -0.3 is 4.74 Å². The average molecular weight is 272 g/mol. The smallest absolute Gasteiger partial charge is 0.328 e. The Labute approximate surface area is 116 Å². The minimum absolute atomic E-state index is 0.0741. The van der Waals surface area contributed by atoms with Gasteiger partial charge in [-0.15, -0.1) is 5.10 Å². The van der Waals surface area contributed by atoms with Gasteiger partial charge in [0.1, 0.15) is 13.2 Å². The zero-order chi connectivity index (χ0) is 13.9. The number of benzene rings is 1. The Balaban J connectivity index is 1.54. The molecule has 0 atom stereocenters. The van der Waals surface area contributed by atoms with E-state index in [4.69, 9.17) is 4.74 Å². The van der Waals surface area contributed by atoms with Crippen LogP contribution in [-0.2, 0) is 22.7 Å². The highest BCUT2D eigenvalue weighted by Gasteiger charge is 2.30. The highest BCUT2D eigenvalue weighted by Crippen LogP contribution is 2.38. The largest absolute Gasteiger partial charge is 0.459 e. The molecule has 6 heteroatoms. The summed E-state index contributed by atoms with van der Waals surface area (Å²) in [6.45, 7) is 2.37. The van der Waals surface area contributed by atoms with Crippen molar-refractivity contribution in [2.45, 2.75) is 38.8 Å². The summed E-state index contributed by atoms with van der Waals surface area (Å²) >= 11 is 0. The first kappa shape index (κ1) is 12.8. The maximum absolute atomic E-state index is 11.8. The summed E-state index contributed by atoms with van der Waals surface area (Å²) in [6.07, 6.45) is 2.19. The molecular weight excluding hydrogens is 256 g/mol. The number of carbonyl (C=O) groups is 1. The lowest BCUT2D eigenvalue weighted by molar-refractivity contribution is -0.146. The summed E-state index contributed by atoms with van der Waals surface area (Å²) in [7, 11) is 0. The Morgan fingerprint density at radius 2 is 2.10 bits per heavy atom. The van der Waals surface area contributed by atoms with Crippen LogP contribution in [0.2, 0.25) is 0 Å². The number of rotatable bonds is 5. The topological polar surface area (TPSA) is 69.9 Å². The number of tetrazole rings is 1. The van der Waals surface area contributed by atoms with Crippen LogP contribution in [0.4, 0.5) is 0 Å². The fourth-order valence-corrected chi connectivity index (χ4v) is 1.97. The molecule has 1 aliphatic rings. The lowest BCUT2D eigenvalue weighted by Gasteiger charge is -2.06. The Kier molecular flexibility index (Phi) is 3.45. The average Bonchev–Trinajstić information content (AvgIpc) is 3.19. The van der Waals surface area contributed by atoms with Gasteiger partial charge in [0.2, 0.25) is 0 Å². The summed E-state index contributed by atoms with van der Waals surface area (Å²) in [5.41, 5.74) is 2.16. The summed E-state index contributed by atoms with van der Waals surface area (Å²) in [4.78, 5) is 11.8.